The van der Waals surface area contributed by atoms with E-state index in [1.807, 2.05) is 6.20 Å². The average Bonchev–Trinajstić information content (AvgIpc) is 3.18. The highest BCUT2D eigenvalue weighted by Crippen LogP contribution is 2.22. The summed E-state index contributed by atoms with van der Waals surface area (Å²) >= 11 is 0. The number of halogens is 1. The van der Waals surface area contributed by atoms with Crippen LogP contribution in [0.25, 0.3) is 0 Å². The molecule has 0 atom stereocenters. The number of hydrogen-bond acceptors (Lipinski definition) is 4. The van der Waals surface area contributed by atoms with Crippen molar-refractivity contribution in [1.29, 1.82) is 0 Å². The summed E-state index contributed by atoms with van der Waals surface area (Å²) in [6, 6.07) is 8.67. The maximum Gasteiger partial charge on any atom is 0.213 e. The Kier molecular flexibility index (Phi) is 11.4. The van der Waals surface area contributed by atoms with Gasteiger partial charge in [-0.15, -0.1) is 24.0 Å². The zero-order valence-electron chi connectivity index (χ0n) is 19.3. The van der Waals surface area contributed by atoms with Crippen molar-refractivity contribution in [2.45, 2.75) is 66.6 Å². The number of benzene rings is 1. The normalized spacial score (nSPS) is 12.0. The molecule has 30 heavy (non-hydrogen) atoms. The molecule has 0 saturated carbocycles. The van der Waals surface area contributed by atoms with E-state index in [9.17, 15) is 0 Å². The van der Waals surface area contributed by atoms with Crippen molar-refractivity contribution in [2.75, 3.05) is 19.6 Å². The van der Waals surface area contributed by atoms with Crippen molar-refractivity contribution in [1.82, 2.24) is 20.5 Å². The maximum atomic E-state index is 5.85. The molecule has 0 bridgehead atoms. The summed E-state index contributed by atoms with van der Waals surface area (Å²) in [4.78, 5) is 11.5. The van der Waals surface area contributed by atoms with Crippen LogP contribution in [0.3, 0.4) is 0 Å². The minimum absolute atomic E-state index is 0. The topological polar surface area (TPSA) is 65.7 Å². The summed E-state index contributed by atoms with van der Waals surface area (Å²) in [5.74, 6) is 2.32. The van der Waals surface area contributed by atoms with E-state index in [1.165, 1.54) is 11.1 Å². The van der Waals surface area contributed by atoms with Crippen LogP contribution in [0.15, 0.2) is 39.9 Å². The maximum absolute atomic E-state index is 5.85. The Balaban J connectivity index is 0.00000450. The van der Waals surface area contributed by atoms with Gasteiger partial charge in [-0.05, 0) is 31.1 Å². The minimum atomic E-state index is -0.0417. The first-order valence-electron chi connectivity index (χ1n) is 10.6. The number of nitrogens with zero attached hydrogens (tertiary/aromatic N) is 3. The van der Waals surface area contributed by atoms with Crippen LogP contribution >= 0.6 is 24.0 Å². The van der Waals surface area contributed by atoms with Crippen LogP contribution in [0.5, 0.6) is 0 Å². The fourth-order valence-corrected chi connectivity index (χ4v) is 2.94. The average molecular weight is 527 g/mol. The quantitative estimate of drug-likeness (QED) is 0.282. The second-order valence-electron chi connectivity index (χ2n) is 8.20. The molecule has 2 aromatic rings. The van der Waals surface area contributed by atoms with Gasteiger partial charge in [0.15, 0.2) is 5.96 Å². The van der Waals surface area contributed by atoms with Crippen molar-refractivity contribution >= 4 is 29.9 Å². The van der Waals surface area contributed by atoms with Crippen LogP contribution in [0.1, 0.15) is 64.3 Å². The van der Waals surface area contributed by atoms with E-state index in [0.29, 0.717) is 19.0 Å². The van der Waals surface area contributed by atoms with Crippen molar-refractivity contribution in [3.63, 3.8) is 0 Å². The van der Waals surface area contributed by atoms with Crippen LogP contribution in [0.2, 0.25) is 0 Å². The molecule has 0 radical (unpaired) electrons. The standard InChI is InChI=1S/C23H37N5O.HI/c1-7-24-22(27-16-21-25-15-20(29-21)23(4,5)6)26-14-18-11-10-12-19(13-18)17-28(8-2)9-3;/h10-13,15H,7-9,14,16-17H2,1-6H3,(H2,24,26,27);1H. The molecule has 1 aromatic heterocycles. The molecular formula is C23H38IN5O. The Labute approximate surface area is 199 Å². The van der Waals surface area contributed by atoms with Crippen molar-refractivity contribution in [2.24, 2.45) is 4.99 Å². The highest BCUT2D eigenvalue weighted by atomic mass is 127. The zero-order valence-corrected chi connectivity index (χ0v) is 21.6. The lowest BCUT2D eigenvalue weighted by atomic mass is 9.94. The molecule has 0 unspecified atom stereocenters. The number of rotatable bonds is 9. The Morgan fingerprint density at radius 2 is 1.80 bits per heavy atom. The highest BCUT2D eigenvalue weighted by molar-refractivity contribution is 14.0. The lowest BCUT2D eigenvalue weighted by Crippen LogP contribution is -2.36. The molecule has 7 heteroatoms. The van der Waals surface area contributed by atoms with E-state index in [1.54, 1.807) is 0 Å². The van der Waals surface area contributed by atoms with Gasteiger partial charge >= 0.3 is 0 Å². The predicted molar refractivity (Wildman–Crippen MR) is 135 cm³/mol. The highest BCUT2D eigenvalue weighted by Gasteiger charge is 2.19. The number of nitrogens with one attached hydrogen (secondary N) is 2. The zero-order chi connectivity index (χ0) is 21.3. The summed E-state index contributed by atoms with van der Waals surface area (Å²) in [7, 11) is 0. The summed E-state index contributed by atoms with van der Waals surface area (Å²) in [5, 5.41) is 6.60. The fourth-order valence-electron chi connectivity index (χ4n) is 2.94. The molecule has 1 aromatic carbocycles. The fraction of sp³-hybridized carbons (Fsp3) is 0.565. The Morgan fingerprint density at radius 1 is 1.10 bits per heavy atom. The minimum Gasteiger partial charge on any atom is -0.443 e. The SMILES string of the molecule is CCNC(=NCc1cccc(CN(CC)CC)c1)NCc1ncc(C(C)(C)C)o1.I. The van der Waals surface area contributed by atoms with Gasteiger partial charge < -0.3 is 15.1 Å². The van der Waals surface area contributed by atoms with E-state index >= 15 is 0 Å². The van der Waals surface area contributed by atoms with Gasteiger partial charge in [0, 0.05) is 18.5 Å². The van der Waals surface area contributed by atoms with E-state index < -0.39 is 0 Å². The molecule has 0 amide bonds. The number of oxazole rings is 1. The second-order valence-corrected chi connectivity index (χ2v) is 8.20. The Hall–Kier alpha value is -1.61. The Morgan fingerprint density at radius 3 is 2.40 bits per heavy atom. The second kappa shape index (κ2) is 12.9. The first kappa shape index (κ1) is 26.4. The third-order valence-electron chi connectivity index (χ3n) is 4.76. The molecular weight excluding hydrogens is 489 g/mol. The number of aliphatic imine (C=N–C) groups is 1. The van der Waals surface area contributed by atoms with Crippen LogP contribution < -0.4 is 10.6 Å². The molecule has 6 nitrogen and oxygen atoms in total. The van der Waals surface area contributed by atoms with E-state index in [-0.39, 0.29) is 29.4 Å². The van der Waals surface area contributed by atoms with E-state index in [4.69, 9.17) is 9.41 Å². The smallest absolute Gasteiger partial charge is 0.213 e. The van der Waals surface area contributed by atoms with Crippen LogP contribution in [0.4, 0.5) is 0 Å². The van der Waals surface area contributed by atoms with E-state index in [2.05, 4.69) is 86.3 Å². The van der Waals surface area contributed by atoms with Crippen LogP contribution in [0, 0.1) is 0 Å². The molecule has 0 fully saturated rings. The summed E-state index contributed by atoms with van der Waals surface area (Å²) < 4.78 is 5.85. The molecule has 0 saturated heterocycles. The molecule has 2 rings (SSSR count). The van der Waals surface area contributed by atoms with E-state index in [0.717, 1.165) is 37.9 Å². The van der Waals surface area contributed by atoms with Crippen molar-refractivity contribution in [3.05, 3.63) is 53.2 Å². The van der Waals surface area contributed by atoms with Gasteiger partial charge in [0.05, 0.1) is 19.3 Å². The molecule has 0 aliphatic rings. The monoisotopic (exact) mass is 527 g/mol. The van der Waals surface area contributed by atoms with Gasteiger partial charge in [0.25, 0.3) is 0 Å². The summed E-state index contributed by atoms with van der Waals surface area (Å²) in [6.07, 6.45) is 1.81. The van der Waals surface area contributed by atoms with Gasteiger partial charge in [0.1, 0.15) is 5.76 Å². The first-order chi connectivity index (χ1) is 13.9. The molecule has 168 valence electrons. The van der Waals surface area contributed by atoms with Crippen LogP contribution in [-0.2, 0) is 25.0 Å². The van der Waals surface area contributed by atoms with Crippen molar-refractivity contribution < 1.29 is 4.42 Å². The lowest BCUT2D eigenvalue weighted by Gasteiger charge is -2.18. The number of guanidine groups is 1. The van der Waals surface area contributed by atoms with Gasteiger partial charge in [-0.25, -0.2) is 9.98 Å². The van der Waals surface area contributed by atoms with Gasteiger partial charge in [-0.3, -0.25) is 4.90 Å². The molecule has 0 aliphatic carbocycles. The van der Waals surface area contributed by atoms with Crippen molar-refractivity contribution in [3.8, 4) is 0 Å². The summed E-state index contributed by atoms with van der Waals surface area (Å²) in [6.45, 7) is 17.8. The third kappa shape index (κ3) is 8.63. The van der Waals surface area contributed by atoms with Gasteiger partial charge in [-0.2, -0.15) is 0 Å². The molecule has 0 aliphatic heterocycles. The summed E-state index contributed by atoms with van der Waals surface area (Å²) in [5.41, 5.74) is 2.49. The largest absolute Gasteiger partial charge is 0.443 e. The third-order valence-corrected chi connectivity index (χ3v) is 4.76. The number of aromatic nitrogens is 1. The lowest BCUT2D eigenvalue weighted by molar-refractivity contribution is 0.296. The molecule has 1 heterocycles. The van der Waals surface area contributed by atoms with Crippen LogP contribution in [-0.4, -0.2) is 35.5 Å². The predicted octanol–water partition coefficient (Wildman–Crippen LogP) is 4.69. The van der Waals surface area contributed by atoms with Gasteiger partial charge in [0.2, 0.25) is 5.89 Å². The Bertz CT molecular complexity index is 778. The number of hydrogen-bond donors (Lipinski definition) is 2. The molecule has 2 N–H and O–H groups in total. The molecule has 0 spiro atoms. The first-order valence-corrected chi connectivity index (χ1v) is 10.6. The van der Waals surface area contributed by atoms with Gasteiger partial charge in [-0.1, -0.05) is 58.9 Å².